The van der Waals surface area contributed by atoms with Crippen molar-refractivity contribution in [3.63, 3.8) is 0 Å². The highest BCUT2D eigenvalue weighted by molar-refractivity contribution is 5.78. The molecule has 1 aliphatic rings. The Morgan fingerprint density at radius 2 is 1.75 bits per heavy atom. The van der Waals surface area contributed by atoms with Gasteiger partial charge in [-0.15, -0.1) is 0 Å². The molecule has 0 aromatic heterocycles. The van der Waals surface area contributed by atoms with Crippen LogP contribution in [0.25, 0.3) is 0 Å². The maximum atomic E-state index is 12.5. The van der Waals surface area contributed by atoms with Crippen LogP contribution in [0.3, 0.4) is 0 Å². The second-order valence-corrected chi connectivity index (χ2v) is 6.18. The Kier molecular flexibility index (Phi) is 6.62. The molecule has 24 heavy (non-hydrogen) atoms. The molecule has 0 spiro atoms. The summed E-state index contributed by atoms with van der Waals surface area (Å²) in [5, 5.41) is 9.59. The van der Waals surface area contributed by atoms with E-state index in [4.69, 9.17) is 4.74 Å². The highest BCUT2D eigenvalue weighted by Gasteiger charge is 2.29. The second-order valence-electron chi connectivity index (χ2n) is 6.18. The van der Waals surface area contributed by atoms with E-state index in [1.807, 2.05) is 29.2 Å². The lowest BCUT2D eigenvalue weighted by Gasteiger charge is -2.38. The number of benzene rings is 1. The fourth-order valence-electron chi connectivity index (χ4n) is 3.25. The van der Waals surface area contributed by atoms with E-state index in [0.29, 0.717) is 13.1 Å². The Morgan fingerprint density at radius 1 is 1.17 bits per heavy atom. The Balaban J connectivity index is 1.99. The maximum absolute atomic E-state index is 12.5. The summed E-state index contributed by atoms with van der Waals surface area (Å²) in [7, 11) is 1.63. The second kappa shape index (κ2) is 8.70. The van der Waals surface area contributed by atoms with Gasteiger partial charge in [0.05, 0.1) is 13.2 Å². The summed E-state index contributed by atoms with van der Waals surface area (Å²) in [4.78, 5) is 16.6. The number of ether oxygens (including phenoxy) is 1. The van der Waals surface area contributed by atoms with E-state index in [1.165, 1.54) is 0 Å². The number of carbonyl (C=O) groups excluding carboxylic acids is 1. The van der Waals surface area contributed by atoms with Crippen molar-refractivity contribution in [3.05, 3.63) is 29.8 Å². The Bertz CT molecular complexity index is 567. The van der Waals surface area contributed by atoms with Gasteiger partial charge in [-0.25, -0.2) is 0 Å². The van der Waals surface area contributed by atoms with E-state index >= 15 is 0 Å². The predicted octanol–water partition coefficient (Wildman–Crippen LogP) is 2.84. The third kappa shape index (κ3) is 4.07. The van der Waals surface area contributed by atoms with Crippen LogP contribution in [0, 0.1) is 17.2 Å². The Morgan fingerprint density at radius 3 is 2.21 bits per heavy atom. The molecule has 130 valence electrons. The molecule has 1 unspecified atom stereocenters. The molecule has 0 radical (unpaired) electrons. The molecule has 5 nitrogen and oxygen atoms in total. The molecule has 0 N–H and O–H groups in total. The molecule has 0 bridgehead atoms. The van der Waals surface area contributed by atoms with E-state index in [1.54, 1.807) is 7.11 Å². The monoisotopic (exact) mass is 329 g/mol. The number of hydrogen-bond acceptors (Lipinski definition) is 4. The van der Waals surface area contributed by atoms with Gasteiger partial charge in [0.1, 0.15) is 11.8 Å². The van der Waals surface area contributed by atoms with Gasteiger partial charge in [-0.2, -0.15) is 5.26 Å². The van der Waals surface area contributed by atoms with Crippen LogP contribution in [0.4, 0.5) is 0 Å². The van der Waals surface area contributed by atoms with Crippen molar-refractivity contribution >= 4 is 5.91 Å². The number of nitrogens with zero attached hydrogens (tertiary/aromatic N) is 3. The predicted molar refractivity (Wildman–Crippen MR) is 93.6 cm³/mol. The number of hydrogen-bond donors (Lipinski definition) is 0. The van der Waals surface area contributed by atoms with Gasteiger partial charge in [-0.05, 0) is 30.5 Å². The summed E-state index contributed by atoms with van der Waals surface area (Å²) in [6, 6.07) is 9.76. The summed E-state index contributed by atoms with van der Waals surface area (Å²) in [6.07, 6.45) is 1.78. The number of carbonyl (C=O) groups is 1. The van der Waals surface area contributed by atoms with Crippen LogP contribution in [-0.4, -0.2) is 49.0 Å². The molecule has 1 saturated heterocycles. The van der Waals surface area contributed by atoms with E-state index in [9.17, 15) is 10.1 Å². The molecule has 1 aliphatic heterocycles. The van der Waals surface area contributed by atoms with Crippen molar-refractivity contribution in [1.82, 2.24) is 9.80 Å². The zero-order valence-electron chi connectivity index (χ0n) is 14.9. The minimum Gasteiger partial charge on any atom is -0.497 e. The molecule has 1 aromatic carbocycles. The minimum atomic E-state index is -0.277. The average Bonchev–Trinajstić information content (AvgIpc) is 2.64. The molecular weight excluding hydrogens is 302 g/mol. The molecular formula is C19H27N3O2. The molecule has 0 aliphatic carbocycles. The van der Waals surface area contributed by atoms with Crippen molar-refractivity contribution in [2.45, 2.75) is 32.7 Å². The molecule has 1 heterocycles. The zero-order chi connectivity index (χ0) is 17.5. The van der Waals surface area contributed by atoms with E-state index < -0.39 is 0 Å². The SMILES string of the molecule is CCC(CC)C(=O)N1CCN(C(C#N)c2ccc(OC)cc2)CC1. The number of nitriles is 1. The Hall–Kier alpha value is -2.06. The summed E-state index contributed by atoms with van der Waals surface area (Å²) < 4.78 is 5.17. The molecule has 1 atom stereocenters. The van der Waals surface area contributed by atoms with Crippen LogP contribution in [0.15, 0.2) is 24.3 Å². The first-order valence-electron chi connectivity index (χ1n) is 8.70. The van der Waals surface area contributed by atoms with Crippen LogP contribution in [0.5, 0.6) is 5.75 Å². The summed E-state index contributed by atoms with van der Waals surface area (Å²) in [6.45, 7) is 7.00. The lowest BCUT2D eigenvalue weighted by Crippen LogP contribution is -2.50. The van der Waals surface area contributed by atoms with Crippen LogP contribution < -0.4 is 4.74 Å². The lowest BCUT2D eigenvalue weighted by atomic mass is 10.0. The number of amides is 1. The van der Waals surface area contributed by atoms with E-state index in [2.05, 4.69) is 24.8 Å². The lowest BCUT2D eigenvalue weighted by molar-refractivity contribution is -0.137. The smallest absolute Gasteiger partial charge is 0.225 e. The highest BCUT2D eigenvalue weighted by Crippen LogP contribution is 2.24. The summed E-state index contributed by atoms with van der Waals surface area (Å²) >= 11 is 0. The normalized spacial score (nSPS) is 16.7. The van der Waals surface area contributed by atoms with Gasteiger partial charge in [-0.3, -0.25) is 9.69 Å². The third-order valence-corrected chi connectivity index (χ3v) is 4.88. The summed E-state index contributed by atoms with van der Waals surface area (Å²) in [5.41, 5.74) is 0.970. The Labute approximate surface area is 144 Å². The first-order valence-corrected chi connectivity index (χ1v) is 8.70. The first-order chi connectivity index (χ1) is 11.6. The maximum Gasteiger partial charge on any atom is 0.225 e. The minimum absolute atomic E-state index is 0.130. The standard InChI is InChI=1S/C19H27N3O2/c1-4-15(5-2)19(23)22-12-10-21(11-13-22)18(14-20)16-6-8-17(24-3)9-7-16/h6-9,15,18H,4-5,10-13H2,1-3H3. The van der Waals surface area contributed by atoms with Crippen LogP contribution in [0.2, 0.25) is 0 Å². The van der Waals surface area contributed by atoms with Gasteiger partial charge >= 0.3 is 0 Å². The number of rotatable bonds is 6. The van der Waals surface area contributed by atoms with Crippen LogP contribution in [-0.2, 0) is 4.79 Å². The van der Waals surface area contributed by atoms with Crippen LogP contribution >= 0.6 is 0 Å². The van der Waals surface area contributed by atoms with Crippen molar-refractivity contribution in [2.24, 2.45) is 5.92 Å². The van der Waals surface area contributed by atoms with Gasteiger partial charge in [0.2, 0.25) is 5.91 Å². The molecule has 1 fully saturated rings. The molecule has 0 saturated carbocycles. The number of methoxy groups -OCH3 is 1. The summed E-state index contributed by atoms with van der Waals surface area (Å²) in [5.74, 6) is 1.18. The van der Waals surface area contributed by atoms with Gasteiger partial charge < -0.3 is 9.64 Å². The largest absolute Gasteiger partial charge is 0.497 e. The van der Waals surface area contributed by atoms with Crippen LogP contribution in [0.1, 0.15) is 38.3 Å². The van der Waals surface area contributed by atoms with Crippen molar-refractivity contribution in [3.8, 4) is 11.8 Å². The van der Waals surface area contributed by atoms with E-state index in [0.717, 1.165) is 37.2 Å². The molecule has 1 aromatic rings. The third-order valence-electron chi connectivity index (χ3n) is 4.88. The fourth-order valence-corrected chi connectivity index (χ4v) is 3.25. The zero-order valence-corrected chi connectivity index (χ0v) is 14.9. The highest BCUT2D eigenvalue weighted by atomic mass is 16.5. The topological polar surface area (TPSA) is 56.6 Å². The fraction of sp³-hybridized carbons (Fsp3) is 0.579. The number of piperazine rings is 1. The van der Waals surface area contributed by atoms with Crippen molar-refractivity contribution in [2.75, 3.05) is 33.3 Å². The van der Waals surface area contributed by atoms with E-state index in [-0.39, 0.29) is 17.9 Å². The molecule has 1 amide bonds. The van der Waals surface area contributed by atoms with Crippen molar-refractivity contribution < 1.29 is 9.53 Å². The molecule has 2 rings (SSSR count). The van der Waals surface area contributed by atoms with Crippen molar-refractivity contribution in [1.29, 1.82) is 5.26 Å². The first kappa shape index (κ1) is 18.3. The van der Waals surface area contributed by atoms with Gasteiger partial charge in [0, 0.05) is 32.1 Å². The molecule has 5 heteroatoms. The van der Waals surface area contributed by atoms with Gasteiger partial charge in [0.25, 0.3) is 0 Å². The quantitative estimate of drug-likeness (QED) is 0.805. The van der Waals surface area contributed by atoms with Gasteiger partial charge in [0.15, 0.2) is 0 Å². The average molecular weight is 329 g/mol. The van der Waals surface area contributed by atoms with Gasteiger partial charge in [-0.1, -0.05) is 26.0 Å².